The molecule has 0 saturated heterocycles. The van der Waals surface area contributed by atoms with Crippen molar-refractivity contribution >= 4 is 29.2 Å². The van der Waals surface area contributed by atoms with E-state index in [2.05, 4.69) is 19.2 Å². The van der Waals surface area contributed by atoms with Crippen LogP contribution in [0.1, 0.15) is 70.3 Å². The van der Waals surface area contributed by atoms with Crippen LogP contribution in [0.4, 0.5) is 5.69 Å². The Hall–Kier alpha value is -1.55. The van der Waals surface area contributed by atoms with E-state index in [1.807, 2.05) is 24.3 Å². The van der Waals surface area contributed by atoms with Crippen molar-refractivity contribution < 1.29 is 14.3 Å². The van der Waals surface area contributed by atoms with E-state index in [1.165, 1.54) is 12.0 Å². The van der Waals surface area contributed by atoms with E-state index in [4.69, 9.17) is 16.3 Å². The molecule has 1 aromatic rings. The van der Waals surface area contributed by atoms with E-state index in [9.17, 15) is 9.59 Å². The van der Waals surface area contributed by atoms with Crippen LogP contribution in [0.25, 0.3) is 0 Å². The molecule has 5 heteroatoms. The van der Waals surface area contributed by atoms with Gasteiger partial charge in [0.05, 0.1) is 5.41 Å². The smallest absolute Gasteiger partial charge is 0.312 e. The molecule has 4 saturated carbocycles. The van der Waals surface area contributed by atoms with Crippen molar-refractivity contribution in [3.63, 3.8) is 0 Å². The monoisotopic (exact) mass is 403 g/mol. The molecular weight excluding hydrogens is 374 g/mol. The molecule has 4 fully saturated rings. The highest BCUT2D eigenvalue weighted by Crippen LogP contribution is 2.64. The number of benzene rings is 1. The fraction of sp³-hybridized carbons (Fsp3) is 0.652. The first kappa shape index (κ1) is 19.8. The molecule has 0 heterocycles. The largest absolute Gasteiger partial charge is 0.455 e. The molecule has 4 bridgehead atoms. The molecule has 0 spiro atoms. The lowest BCUT2D eigenvalue weighted by Gasteiger charge is -2.58. The Morgan fingerprint density at radius 1 is 1.18 bits per heavy atom. The highest BCUT2D eigenvalue weighted by molar-refractivity contribution is 6.24. The average Bonchev–Trinajstić information content (AvgIpc) is 2.64. The summed E-state index contributed by atoms with van der Waals surface area (Å²) < 4.78 is 5.48. The predicted octanol–water partition coefficient (Wildman–Crippen LogP) is 5.26. The molecule has 2 unspecified atom stereocenters. The van der Waals surface area contributed by atoms with Gasteiger partial charge in [0, 0.05) is 10.6 Å². The molecule has 152 valence electrons. The second-order valence-electron chi connectivity index (χ2n) is 9.45. The lowest BCUT2D eigenvalue weighted by molar-refractivity contribution is -0.171. The van der Waals surface area contributed by atoms with Crippen molar-refractivity contribution in [3.05, 3.63) is 29.8 Å². The molecule has 0 aliphatic heterocycles. The van der Waals surface area contributed by atoms with Crippen molar-refractivity contribution in [2.75, 3.05) is 11.9 Å². The maximum absolute atomic E-state index is 12.9. The number of hydrogen-bond donors (Lipinski definition) is 1. The van der Waals surface area contributed by atoms with Gasteiger partial charge in [0.15, 0.2) is 6.61 Å². The molecule has 1 N–H and O–H groups in total. The molecule has 1 aromatic carbocycles. The second kappa shape index (κ2) is 7.37. The van der Waals surface area contributed by atoms with Crippen molar-refractivity contribution in [1.29, 1.82) is 0 Å². The molecular formula is C23H30ClNO3. The van der Waals surface area contributed by atoms with Crippen LogP contribution in [-0.2, 0) is 14.3 Å². The lowest BCUT2D eigenvalue weighted by Crippen LogP contribution is -2.56. The maximum atomic E-state index is 12.9. The van der Waals surface area contributed by atoms with Crippen LogP contribution < -0.4 is 5.32 Å². The third-order valence-corrected chi connectivity index (χ3v) is 7.58. The van der Waals surface area contributed by atoms with Crippen LogP contribution in [0.3, 0.4) is 0 Å². The average molecular weight is 404 g/mol. The number of ether oxygens (including phenoxy) is 1. The van der Waals surface area contributed by atoms with Gasteiger partial charge in [-0.2, -0.15) is 0 Å². The number of alkyl halides is 1. The zero-order valence-electron chi connectivity index (χ0n) is 16.8. The van der Waals surface area contributed by atoms with E-state index < -0.39 is 5.41 Å². The normalized spacial score (nSPS) is 34.1. The molecule has 0 aromatic heterocycles. The SMILES string of the molecule is CC[C@@H](C)c1ccc(NC(=O)COC(=O)C23C[C@@H]4C[C@@H](CC(Cl)(C4)C2)C3)cc1. The van der Waals surface area contributed by atoms with Gasteiger partial charge in [0.1, 0.15) is 0 Å². The number of amides is 1. The van der Waals surface area contributed by atoms with Crippen molar-refractivity contribution in [2.45, 2.75) is 69.6 Å². The molecule has 4 aliphatic carbocycles. The van der Waals surface area contributed by atoms with Crippen molar-refractivity contribution in [1.82, 2.24) is 0 Å². The number of carbonyl (C=O) groups is 2. The van der Waals surface area contributed by atoms with E-state index in [1.54, 1.807) is 0 Å². The Balaban J connectivity index is 1.32. The van der Waals surface area contributed by atoms with Crippen LogP contribution in [0.15, 0.2) is 24.3 Å². The minimum atomic E-state index is -0.468. The summed E-state index contributed by atoms with van der Waals surface area (Å²) in [5, 5.41) is 2.82. The predicted molar refractivity (Wildman–Crippen MR) is 110 cm³/mol. The van der Waals surface area contributed by atoms with E-state index in [0.717, 1.165) is 37.8 Å². The first-order chi connectivity index (χ1) is 13.3. The van der Waals surface area contributed by atoms with Gasteiger partial charge >= 0.3 is 5.97 Å². The summed E-state index contributed by atoms with van der Waals surface area (Å²) in [4.78, 5) is 24.9. The number of carbonyl (C=O) groups excluding carboxylic acids is 2. The number of halogens is 1. The summed E-state index contributed by atoms with van der Waals surface area (Å²) in [6, 6.07) is 7.87. The van der Waals surface area contributed by atoms with Gasteiger partial charge in [-0.3, -0.25) is 9.59 Å². The first-order valence-electron chi connectivity index (χ1n) is 10.6. The van der Waals surface area contributed by atoms with Crippen molar-refractivity contribution in [3.8, 4) is 0 Å². The summed E-state index contributed by atoms with van der Waals surface area (Å²) in [6.07, 6.45) is 6.75. The zero-order valence-corrected chi connectivity index (χ0v) is 17.6. The summed E-state index contributed by atoms with van der Waals surface area (Å²) in [5.41, 5.74) is 1.51. The number of anilines is 1. The molecule has 4 nitrogen and oxygen atoms in total. The minimum Gasteiger partial charge on any atom is -0.455 e. The third-order valence-electron chi connectivity index (χ3n) is 7.13. The standard InChI is InChI=1S/C23H30ClNO3/c1-3-15(2)18-4-6-19(7-5-18)25-20(26)13-28-21(27)22-9-16-8-17(10-22)12-23(24,11-16)14-22/h4-7,15-17H,3,8-14H2,1-2H3,(H,25,26)/t15-,16-,17+,22?,23?/m1/s1. The summed E-state index contributed by atoms with van der Waals surface area (Å²) in [6.45, 7) is 4.10. The van der Waals surface area contributed by atoms with Crippen LogP contribution >= 0.6 is 11.6 Å². The van der Waals surface area contributed by atoms with Gasteiger partial charge in [-0.15, -0.1) is 11.6 Å². The van der Waals surface area contributed by atoms with E-state index in [0.29, 0.717) is 24.2 Å². The van der Waals surface area contributed by atoms with Crippen LogP contribution in [0.5, 0.6) is 0 Å². The van der Waals surface area contributed by atoms with Gasteiger partial charge in [-0.1, -0.05) is 26.0 Å². The van der Waals surface area contributed by atoms with Crippen molar-refractivity contribution in [2.24, 2.45) is 17.3 Å². The molecule has 5 rings (SSSR count). The van der Waals surface area contributed by atoms with Gasteiger partial charge in [0.2, 0.25) is 0 Å². The Labute approximate surface area is 172 Å². The molecule has 4 aliphatic rings. The third kappa shape index (κ3) is 3.80. The summed E-state index contributed by atoms with van der Waals surface area (Å²) in [7, 11) is 0. The Bertz CT molecular complexity index is 746. The highest BCUT2D eigenvalue weighted by atomic mass is 35.5. The quantitative estimate of drug-likeness (QED) is 0.520. The number of esters is 1. The first-order valence-corrected chi connectivity index (χ1v) is 10.9. The number of rotatable bonds is 6. The summed E-state index contributed by atoms with van der Waals surface area (Å²) >= 11 is 6.79. The van der Waals surface area contributed by atoms with E-state index in [-0.39, 0.29) is 23.4 Å². The topological polar surface area (TPSA) is 55.4 Å². The number of hydrogen-bond acceptors (Lipinski definition) is 3. The molecule has 5 atom stereocenters. The van der Waals surface area contributed by atoms with Crippen LogP contribution in [-0.4, -0.2) is 23.4 Å². The fourth-order valence-electron chi connectivity index (χ4n) is 6.00. The van der Waals surface area contributed by atoms with Gasteiger partial charge < -0.3 is 10.1 Å². The zero-order chi connectivity index (χ0) is 19.9. The Morgan fingerprint density at radius 3 is 2.39 bits per heavy atom. The Kier molecular flexibility index (Phi) is 5.20. The molecule has 1 amide bonds. The lowest BCUT2D eigenvalue weighted by atomic mass is 9.49. The second-order valence-corrected chi connectivity index (χ2v) is 10.2. The fourth-order valence-corrected chi connectivity index (χ4v) is 6.69. The Morgan fingerprint density at radius 2 is 1.82 bits per heavy atom. The van der Waals surface area contributed by atoms with Gasteiger partial charge in [-0.05, 0) is 80.4 Å². The molecule has 0 radical (unpaired) electrons. The number of nitrogens with one attached hydrogen (secondary N) is 1. The molecule has 28 heavy (non-hydrogen) atoms. The van der Waals surface area contributed by atoms with Crippen LogP contribution in [0, 0.1) is 17.3 Å². The van der Waals surface area contributed by atoms with Gasteiger partial charge in [-0.25, -0.2) is 0 Å². The van der Waals surface area contributed by atoms with Crippen LogP contribution in [0.2, 0.25) is 0 Å². The van der Waals surface area contributed by atoms with E-state index >= 15 is 0 Å². The summed E-state index contributed by atoms with van der Waals surface area (Å²) in [5.74, 6) is 1.04. The highest BCUT2D eigenvalue weighted by Gasteiger charge is 2.60. The van der Waals surface area contributed by atoms with Gasteiger partial charge in [0.25, 0.3) is 5.91 Å². The maximum Gasteiger partial charge on any atom is 0.312 e. The minimum absolute atomic E-state index is 0.228.